The van der Waals surface area contributed by atoms with Gasteiger partial charge in [0.15, 0.2) is 10.3 Å². The van der Waals surface area contributed by atoms with Crippen LogP contribution in [0.1, 0.15) is 15.2 Å². The molecule has 0 aliphatic rings. The summed E-state index contributed by atoms with van der Waals surface area (Å²) in [5.41, 5.74) is 3.64. The molecule has 0 aliphatic carbocycles. The number of thiazole rings is 1. The van der Waals surface area contributed by atoms with Gasteiger partial charge in [-0.1, -0.05) is 64.9 Å². The van der Waals surface area contributed by atoms with E-state index < -0.39 is 15.9 Å². The highest BCUT2D eigenvalue weighted by Gasteiger charge is 2.17. The molecule has 8 nitrogen and oxygen atoms in total. The van der Waals surface area contributed by atoms with Crippen LogP contribution >= 0.6 is 34.5 Å². The summed E-state index contributed by atoms with van der Waals surface area (Å²) in [7, 11) is -3.94. The number of hydrazone groups is 1. The maximum Gasteiger partial charge on any atom is 0.271 e. The molecule has 1 aromatic heterocycles. The zero-order valence-electron chi connectivity index (χ0n) is 17.8. The number of hydrogen-bond acceptors (Lipinski definition) is 7. The number of nitrogens with zero attached hydrogens (tertiary/aromatic N) is 2. The fraction of sp³-hybridized carbons (Fsp3) is 0. The van der Waals surface area contributed by atoms with Crippen LogP contribution in [0.4, 0.5) is 16.5 Å². The van der Waals surface area contributed by atoms with Crippen LogP contribution < -0.4 is 15.5 Å². The smallest absolute Gasteiger partial charge is 0.271 e. The number of carbonyl (C=O) groups is 1. The van der Waals surface area contributed by atoms with Crippen molar-refractivity contribution in [2.75, 3.05) is 10.0 Å². The van der Waals surface area contributed by atoms with Crippen molar-refractivity contribution in [3.63, 3.8) is 0 Å². The highest BCUT2D eigenvalue weighted by Crippen LogP contribution is 2.28. The van der Waals surface area contributed by atoms with E-state index in [1.54, 1.807) is 18.2 Å². The van der Waals surface area contributed by atoms with Gasteiger partial charge in [0.1, 0.15) is 0 Å². The summed E-state index contributed by atoms with van der Waals surface area (Å²) in [6.07, 6.45) is 1.37. The van der Waals surface area contributed by atoms with Crippen molar-refractivity contribution in [1.29, 1.82) is 0 Å². The highest BCUT2D eigenvalue weighted by atomic mass is 35.5. The highest BCUT2D eigenvalue weighted by molar-refractivity contribution is 7.92. The first-order valence-electron chi connectivity index (χ1n) is 10.0. The van der Waals surface area contributed by atoms with E-state index in [9.17, 15) is 13.2 Å². The van der Waals surface area contributed by atoms with Crippen molar-refractivity contribution in [3.05, 3.63) is 99.5 Å². The Labute approximate surface area is 215 Å². The number of rotatable bonds is 8. The van der Waals surface area contributed by atoms with E-state index in [2.05, 4.69) is 25.6 Å². The van der Waals surface area contributed by atoms with Crippen LogP contribution in [0.5, 0.6) is 0 Å². The Balaban J connectivity index is 1.42. The average molecular weight is 546 g/mol. The molecule has 0 spiro atoms. The van der Waals surface area contributed by atoms with E-state index in [1.165, 1.54) is 47.9 Å². The van der Waals surface area contributed by atoms with Crippen LogP contribution in [0, 0.1) is 0 Å². The lowest BCUT2D eigenvalue weighted by Gasteiger charge is -2.09. The molecule has 0 aliphatic heterocycles. The molecular weight excluding hydrogens is 529 g/mol. The number of sulfonamides is 1. The first-order valence-corrected chi connectivity index (χ1v) is 13.1. The number of para-hydroxylation sites is 1. The van der Waals surface area contributed by atoms with Crippen LogP contribution in [-0.2, 0) is 10.0 Å². The van der Waals surface area contributed by atoms with Crippen molar-refractivity contribution in [3.8, 4) is 0 Å². The Bertz CT molecular complexity index is 1490. The Morgan fingerprint density at radius 1 is 0.943 bits per heavy atom. The Kier molecular flexibility index (Phi) is 7.67. The van der Waals surface area contributed by atoms with Crippen molar-refractivity contribution >= 4 is 73.2 Å². The van der Waals surface area contributed by atoms with Crippen molar-refractivity contribution in [2.24, 2.45) is 5.10 Å². The second kappa shape index (κ2) is 10.9. The minimum absolute atomic E-state index is 0.0868. The van der Waals surface area contributed by atoms with E-state index in [-0.39, 0.29) is 15.6 Å². The summed E-state index contributed by atoms with van der Waals surface area (Å²) in [5.74, 6) is -0.593. The molecule has 35 heavy (non-hydrogen) atoms. The van der Waals surface area contributed by atoms with Crippen LogP contribution in [0.25, 0.3) is 0 Å². The Morgan fingerprint density at radius 2 is 1.69 bits per heavy atom. The lowest BCUT2D eigenvalue weighted by molar-refractivity contribution is 0.0955. The zero-order valence-corrected chi connectivity index (χ0v) is 20.9. The third kappa shape index (κ3) is 6.58. The van der Waals surface area contributed by atoms with Crippen molar-refractivity contribution in [2.45, 2.75) is 4.90 Å². The fourth-order valence-electron chi connectivity index (χ4n) is 2.88. The molecule has 3 N–H and O–H groups in total. The first-order chi connectivity index (χ1) is 16.8. The number of nitrogens with one attached hydrogen (secondary N) is 3. The van der Waals surface area contributed by atoms with E-state index in [0.717, 1.165) is 5.69 Å². The monoisotopic (exact) mass is 545 g/mol. The molecule has 3 aromatic carbocycles. The van der Waals surface area contributed by atoms with E-state index in [0.29, 0.717) is 20.7 Å². The zero-order chi connectivity index (χ0) is 24.8. The molecule has 1 heterocycles. The van der Waals surface area contributed by atoms with Gasteiger partial charge in [0, 0.05) is 16.3 Å². The topological polar surface area (TPSA) is 113 Å². The number of carbonyl (C=O) groups excluding carboxylic acids is 1. The van der Waals surface area contributed by atoms with E-state index in [4.69, 9.17) is 23.2 Å². The van der Waals surface area contributed by atoms with Gasteiger partial charge in [-0.15, -0.1) is 0 Å². The fourth-order valence-corrected chi connectivity index (χ4v) is 5.21. The number of benzene rings is 3. The van der Waals surface area contributed by atoms with Gasteiger partial charge >= 0.3 is 0 Å². The van der Waals surface area contributed by atoms with Gasteiger partial charge in [-0.3, -0.25) is 9.52 Å². The van der Waals surface area contributed by atoms with Gasteiger partial charge in [-0.05, 0) is 48.5 Å². The summed E-state index contributed by atoms with van der Waals surface area (Å²) in [4.78, 5) is 17.2. The van der Waals surface area contributed by atoms with Crippen LogP contribution in [-0.4, -0.2) is 25.5 Å². The molecule has 178 valence electrons. The normalized spacial score (nSPS) is 11.4. The summed E-state index contributed by atoms with van der Waals surface area (Å²) in [6.45, 7) is 0. The van der Waals surface area contributed by atoms with Crippen molar-refractivity contribution in [1.82, 2.24) is 10.4 Å². The maximum absolute atomic E-state index is 12.7. The van der Waals surface area contributed by atoms with Gasteiger partial charge in [-0.2, -0.15) is 5.10 Å². The molecule has 0 unspecified atom stereocenters. The number of amides is 1. The van der Waals surface area contributed by atoms with E-state index in [1.807, 2.05) is 30.3 Å². The standard InChI is InChI=1S/C23H17Cl2N5O3S2/c24-16-7-5-10-18(13-16)30-35(32,33)19-11-4-6-15(12-19)22(31)29-26-14-20-21(25)28-23(34-20)27-17-8-2-1-3-9-17/h1-14,30H,(H,27,28)(H,29,31)/b26-14-. The number of hydrogen-bond donors (Lipinski definition) is 3. The molecule has 0 saturated carbocycles. The Morgan fingerprint density at radius 3 is 2.46 bits per heavy atom. The van der Waals surface area contributed by atoms with Gasteiger partial charge in [-0.25, -0.2) is 18.8 Å². The summed E-state index contributed by atoms with van der Waals surface area (Å²) < 4.78 is 27.9. The molecule has 1 amide bonds. The summed E-state index contributed by atoms with van der Waals surface area (Å²) in [6, 6.07) is 21.3. The SMILES string of the molecule is O=C(N/N=C\c1sc(Nc2ccccc2)nc1Cl)c1cccc(S(=O)(=O)Nc2cccc(Cl)c2)c1. The van der Waals surface area contributed by atoms with E-state index >= 15 is 0 Å². The quantitative estimate of drug-likeness (QED) is 0.192. The summed E-state index contributed by atoms with van der Waals surface area (Å²) in [5, 5.41) is 8.24. The van der Waals surface area contributed by atoms with Crippen molar-refractivity contribution < 1.29 is 13.2 Å². The lowest BCUT2D eigenvalue weighted by Crippen LogP contribution is -2.19. The number of aromatic nitrogens is 1. The molecule has 12 heteroatoms. The van der Waals surface area contributed by atoms with Gasteiger partial charge in [0.05, 0.1) is 21.7 Å². The largest absolute Gasteiger partial charge is 0.331 e. The maximum atomic E-state index is 12.7. The molecule has 0 fully saturated rings. The molecular formula is C23H17Cl2N5O3S2. The average Bonchev–Trinajstić information content (AvgIpc) is 3.18. The molecule has 0 bridgehead atoms. The Hall–Kier alpha value is -3.44. The third-order valence-corrected chi connectivity index (χ3v) is 7.39. The molecule has 4 rings (SSSR count). The van der Waals surface area contributed by atoms with Gasteiger partial charge in [0.2, 0.25) is 0 Å². The van der Waals surface area contributed by atoms with Crippen LogP contribution in [0.15, 0.2) is 88.9 Å². The number of anilines is 3. The van der Waals surface area contributed by atoms with Gasteiger partial charge < -0.3 is 5.32 Å². The second-order valence-electron chi connectivity index (χ2n) is 7.01. The molecule has 0 atom stereocenters. The van der Waals surface area contributed by atoms with Crippen LogP contribution in [0.2, 0.25) is 10.2 Å². The number of halogens is 2. The first kappa shape index (κ1) is 24.7. The third-order valence-electron chi connectivity index (χ3n) is 4.47. The predicted octanol–water partition coefficient (Wildman–Crippen LogP) is 5.76. The second-order valence-corrected chi connectivity index (χ2v) is 10.5. The molecule has 4 aromatic rings. The molecule has 0 saturated heterocycles. The van der Waals surface area contributed by atoms with Gasteiger partial charge in [0.25, 0.3) is 15.9 Å². The lowest BCUT2D eigenvalue weighted by atomic mass is 10.2. The minimum atomic E-state index is -3.94. The van der Waals surface area contributed by atoms with Crippen LogP contribution in [0.3, 0.4) is 0 Å². The minimum Gasteiger partial charge on any atom is -0.331 e. The predicted molar refractivity (Wildman–Crippen MR) is 141 cm³/mol. The summed E-state index contributed by atoms with van der Waals surface area (Å²) >= 11 is 13.3. The molecule has 0 radical (unpaired) electrons.